The molecule has 0 aliphatic heterocycles. The summed E-state index contributed by atoms with van der Waals surface area (Å²) >= 11 is 0. The van der Waals surface area contributed by atoms with E-state index < -0.39 is 11.7 Å². The van der Waals surface area contributed by atoms with E-state index in [0.29, 0.717) is 5.69 Å². The third-order valence-electron chi connectivity index (χ3n) is 1.86. The highest BCUT2D eigenvalue weighted by Gasteiger charge is 2.06. The highest BCUT2D eigenvalue weighted by atomic mass is 19.1. The zero-order valence-electron chi connectivity index (χ0n) is 9.58. The number of carbonyl (C=O) groups is 2. The second-order valence-electron chi connectivity index (χ2n) is 3.37. The number of hydrogen-bond acceptors (Lipinski definition) is 2. The standard InChI is InChI=1S/C12H13FN2O2/c1-3-4-12(17)15-11-7-9(14-8(2)16)5-6-10(11)13/h3-7H,1-2H3,(H,14,16)(H,15,17). The van der Waals surface area contributed by atoms with Gasteiger partial charge in [-0.2, -0.15) is 0 Å². The van der Waals surface area contributed by atoms with Crippen LogP contribution in [-0.2, 0) is 9.59 Å². The van der Waals surface area contributed by atoms with Gasteiger partial charge in [-0.05, 0) is 31.2 Å². The molecule has 0 spiro atoms. The van der Waals surface area contributed by atoms with Crippen molar-refractivity contribution in [2.45, 2.75) is 13.8 Å². The van der Waals surface area contributed by atoms with Gasteiger partial charge in [0, 0.05) is 12.6 Å². The first-order valence-corrected chi connectivity index (χ1v) is 5.03. The van der Waals surface area contributed by atoms with E-state index in [0.717, 1.165) is 0 Å². The summed E-state index contributed by atoms with van der Waals surface area (Å²) in [5.74, 6) is -1.24. The van der Waals surface area contributed by atoms with Crippen molar-refractivity contribution >= 4 is 23.2 Å². The van der Waals surface area contributed by atoms with Gasteiger partial charge in [-0.15, -0.1) is 0 Å². The predicted molar refractivity (Wildman–Crippen MR) is 64.1 cm³/mol. The maximum absolute atomic E-state index is 13.4. The molecule has 0 aliphatic rings. The summed E-state index contributed by atoms with van der Waals surface area (Å²) in [6, 6.07) is 3.96. The molecule has 4 nitrogen and oxygen atoms in total. The van der Waals surface area contributed by atoms with Gasteiger partial charge in [0.05, 0.1) is 5.69 Å². The fourth-order valence-corrected chi connectivity index (χ4v) is 1.23. The summed E-state index contributed by atoms with van der Waals surface area (Å²) in [7, 11) is 0. The lowest BCUT2D eigenvalue weighted by Gasteiger charge is -2.07. The van der Waals surface area contributed by atoms with Gasteiger partial charge in [0.25, 0.3) is 0 Å². The van der Waals surface area contributed by atoms with Crippen LogP contribution in [0.5, 0.6) is 0 Å². The monoisotopic (exact) mass is 236 g/mol. The van der Waals surface area contributed by atoms with Crippen molar-refractivity contribution in [3.63, 3.8) is 0 Å². The number of nitrogens with one attached hydrogen (secondary N) is 2. The van der Waals surface area contributed by atoms with Crippen LogP contribution >= 0.6 is 0 Å². The maximum Gasteiger partial charge on any atom is 0.248 e. The van der Waals surface area contributed by atoms with Gasteiger partial charge in [0.15, 0.2) is 0 Å². The minimum atomic E-state index is -0.558. The summed E-state index contributed by atoms with van der Waals surface area (Å²) in [5.41, 5.74) is 0.453. The average molecular weight is 236 g/mol. The molecule has 0 aromatic heterocycles. The number of allylic oxidation sites excluding steroid dienone is 1. The van der Waals surface area contributed by atoms with Crippen LogP contribution in [0.25, 0.3) is 0 Å². The van der Waals surface area contributed by atoms with Crippen molar-refractivity contribution in [3.8, 4) is 0 Å². The lowest BCUT2D eigenvalue weighted by atomic mass is 10.2. The summed E-state index contributed by atoms with van der Waals surface area (Å²) in [5, 5.41) is 4.88. The predicted octanol–water partition coefficient (Wildman–Crippen LogP) is 2.30. The smallest absolute Gasteiger partial charge is 0.248 e. The maximum atomic E-state index is 13.4. The lowest BCUT2D eigenvalue weighted by molar-refractivity contribution is -0.114. The van der Waals surface area contributed by atoms with Gasteiger partial charge < -0.3 is 10.6 Å². The van der Waals surface area contributed by atoms with E-state index in [1.165, 1.54) is 31.2 Å². The second kappa shape index (κ2) is 5.79. The SMILES string of the molecule is CC=CC(=O)Nc1cc(NC(C)=O)ccc1F. The first-order chi connectivity index (χ1) is 8.02. The van der Waals surface area contributed by atoms with Crippen molar-refractivity contribution < 1.29 is 14.0 Å². The Balaban J connectivity index is 2.90. The number of benzene rings is 1. The van der Waals surface area contributed by atoms with Gasteiger partial charge in [0.1, 0.15) is 5.82 Å². The Hall–Kier alpha value is -2.17. The molecule has 0 heterocycles. The molecule has 2 amide bonds. The van der Waals surface area contributed by atoms with Crippen LogP contribution in [0.2, 0.25) is 0 Å². The van der Waals surface area contributed by atoms with Crippen LogP contribution in [0.15, 0.2) is 30.4 Å². The van der Waals surface area contributed by atoms with Gasteiger partial charge in [-0.25, -0.2) is 4.39 Å². The van der Waals surface area contributed by atoms with E-state index >= 15 is 0 Å². The molecule has 0 saturated carbocycles. The normalized spacial score (nSPS) is 10.3. The van der Waals surface area contributed by atoms with Gasteiger partial charge >= 0.3 is 0 Å². The molecule has 0 saturated heterocycles. The van der Waals surface area contributed by atoms with Gasteiger partial charge in [-0.1, -0.05) is 6.08 Å². The Morgan fingerprint density at radius 3 is 2.59 bits per heavy atom. The Bertz CT molecular complexity index is 470. The molecule has 17 heavy (non-hydrogen) atoms. The van der Waals surface area contributed by atoms with Crippen molar-refractivity contribution in [2.24, 2.45) is 0 Å². The highest BCUT2D eigenvalue weighted by molar-refractivity contribution is 6.00. The molecule has 0 radical (unpaired) electrons. The quantitative estimate of drug-likeness (QED) is 0.791. The number of halogens is 1. The molecule has 5 heteroatoms. The fraction of sp³-hybridized carbons (Fsp3) is 0.167. The Kier molecular flexibility index (Phi) is 4.39. The van der Waals surface area contributed by atoms with E-state index in [9.17, 15) is 14.0 Å². The first kappa shape index (κ1) is 12.9. The van der Waals surface area contributed by atoms with Crippen LogP contribution in [0.4, 0.5) is 15.8 Å². The first-order valence-electron chi connectivity index (χ1n) is 5.03. The van der Waals surface area contributed by atoms with Crippen molar-refractivity contribution in [2.75, 3.05) is 10.6 Å². The second-order valence-corrected chi connectivity index (χ2v) is 3.37. The summed E-state index contributed by atoms with van der Waals surface area (Å²) in [6.45, 7) is 3.03. The van der Waals surface area contributed by atoms with Crippen LogP contribution in [0.1, 0.15) is 13.8 Å². The fourth-order valence-electron chi connectivity index (χ4n) is 1.23. The Morgan fingerprint density at radius 2 is 2.00 bits per heavy atom. The molecule has 0 aliphatic carbocycles. The summed E-state index contributed by atoms with van der Waals surface area (Å²) < 4.78 is 13.4. The topological polar surface area (TPSA) is 58.2 Å². The Labute approximate surface area is 98.5 Å². The average Bonchev–Trinajstić information content (AvgIpc) is 2.22. The van der Waals surface area contributed by atoms with Crippen molar-refractivity contribution in [1.29, 1.82) is 0 Å². The van der Waals surface area contributed by atoms with E-state index in [1.54, 1.807) is 13.0 Å². The van der Waals surface area contributed by atoms with E-state index in [-0.39, 0.29) is 11.6 Å². The zero-order chi connectivity index (χ0) is 12.8. The number of anilines is 2. The summed E-state index contributed by atoms with van der Waals surface area (Å²) in [4.78, 5) is 22.1. The molecule has 0 fully saturated rings. The number of amides is 2. The van der Waals surface area contributed by atoms with Crippen LogP contribution in [0, 0.1) is 5.82 Å². The molecule has 0 atom stereocenters. The lowest BCUT2D eigenvalue weighted by Crippen LogP contribution is -2.11. The van der Waals surface area contributed by atoms with Gasteiger partial charge in [-0.3, -0.25) is 9.59 Å². The highest BCUT2D eigenvalue weighted by Crippen LogP contribution is 2.19. The molecule has 0 bridgehead atoms. The van der Waals surface area contributed by atoms with Crippen LogP contribution in [-0.4, -0.2) is 11.8 Å². The minimum Gasteiger partial charge on any atom is -0.326 e. The van der Waals surface area contributed by atoms with Crippen molar-refractivity contribution in [1.82, 2.24) is 0 Å². The minimum absolute atomic E-state index is 0.0272. The largest absolute Gasteiger partial charge is 0.326 e. The molecule has 90 valence electrons. The molecule has 0 unspecified atom stereocenters. The van der Waals surface area contributed by atoms with Crippen LogP contribution < -0.4 is 10.6 Å². The molecule has 1 aromatic carbocycles. The van der Waals surface area contributed by atoms with E-state index in [1.807, 2.05) is 0 Å². The molecular formula is C12H13FN2O2. The van der Waals surface area contributed by atoms with Crippen LogP contribution in [0.3, 0.4) is 0 Å². The Morgan fingerprint density at radius 1 is 1.29 bits per heavy atom. The number of hydrogen-bond donors (Lipinski definition) is 2. The van der Waals surface area contributed by atoms with Gasteiger partial charge in [0.2, 0.25) is 11.8 Å². The third kappa shape index (κ3) is 4.06. The summed E-state index contributed by atoms with van der Waals surface area (Å²) in [6.07, 6.45) is 2.83. The molecule has 1 rings (SSSR count). The molecular weight excluding hydrogens is 223 g/mol. The number of carbonyl (C=O) groups excluding carboxylic acids is 2. The third-order valence-corrected chi connectivity index (χ3v) is 1.86. The zero-order valence-corrected chi connectivity index (χ0v) is 9.58. The van der Waals surface area contributed by atoms with E-state index in [2.05, 4.69) is 10.6 Å². The molecule has 2 N–H and O–H groups in total. The molecule has 1 aromatic rings. The number of rotatable bonds is 3. The van der Waals surface area contributed by atoms with Crippen molar-refractivity contribution in [3.05, 3.63) is 36.2 Å². The van der Waals surface area contributed by atoms with E-state index in [4.69, 9.17) is 0 Å².